The van der Waals surface area contributed by atoms with Crippen LogP contribution in [0.1, 0.15) is 27.2 Å². The van der Waals surface area contributed by atoms with E-state index in [9.17, 15) is 13.2 Å². The first-order valence-electron chi connectivity index (χ1n) is 9.12. The summed E-state index contributed by atoms with van der Waals surface area (Å²) >= 11 is 1.39. The maximum absolute atomic E-state index is 12.6. The van der Waals surface area contributed by atoms with Crippen LogP contribution in [0, 0.1) is 11.8 Å². The number of carbonyl (C=O) groups excluding carboxylic acids is 1. The van der Waals surface area contributed by atoms with E-state index in [4.69, 9.17) is 5.14 Å². The predicted molar refractivity (Wildman–Crippen MR) is 107 cm³/mol. The number of hydrogen-bond acceptors (Lipinski definition) is 5. The number of aryl methyl sites for hydroxylation is 1. The van der Waals surface area contributed by atoms with Gasteiger partial charge in [0.2, 0.25) is 15.9 Å². The number of benzene rings is 1. The molecule has 3 rings (SSSR count). The summed E-state index contributed by atoms with van der Waals surface area (Å²) in [6.07, 6.45) is 1.16. The van der Waals surface area contributed by atoms with Gasteiger partial charge in [-0.1, -0.05) is 25.6 Å². The second kappa shape index (κ2) is 7.81. The van der Waals surface area contributed by atoms with Gasteiger partial charge in [0.05, 0.1) is 21.7 Å². The van der Waals surface area contributed by atoms with E-state index in [1.165, 1.54) is 23.9 Å². The van der Waals surface area contributed by atoms with E-state index in [0.717, 1.165) is 25.0 Å². The molecule has 7 nitrogen and oxygen atoms in total. The molecule has 1 amide bonds. The van der Waals surface area contributed by atoms with Gasteiger partial charge in [-0.15, -0.1) is 0 Å². The van der Waals surface area contributed by atoms with Crippen LogP contribution >= 0.6 is 11.8 Å². The highest BCUT2D eigenvalue weighted by molar-refractivity contribution is 7.99. The van der Waals surface area contributed by atoms with Crippen LogP contribution in [0.4, 0.5) is 0 Å². The van der Waals surface area contributed by atoms with E-state index in [2.05, 4.69) is 18.8 Å². The highest BCUT2D eigenvalue weighted by atomic mass is 32.2. The van der Waals surface area contributed by atoms with E-state index in [1.54, 1.807) is 6.07 Å². The number of aromatic nitrogens is 2. The Bertz CT molecular complexity index is 945. The van der Waals surface area contributed by atoms with Crippen LogP contribution in [0.2, 0.25) is 0 Å². The summed E-state index contributed by atoms with van der Waals surface area (Å²) in [5.41, 5.74) is 1.40. The second-order valence-electron chi connectivity index (χ2n) is 7.37. The van der Waals surface area contributed by atoms with Crippen LogP contribution in [0.5, 0.6) is 0 Å². The normalized spacial score (nSPS) is 21.0. The number of hydrogen-bond donors (Lipinski definition) is 1. The van der Waals surface area contributed by atoms with Gasteiger partial charge < -0.3 is 9.47 Å². The topological polar surface area (TPSA) is 98.3 Å². The maximum atomic E-state index is 12.6. The minimum absolute atomic E-state index is 0.0414. The Morgan fingerprint density at radius 2 is 1.96 bits per heavy atom. The van der Waals surface area contributed by atoms with E-state index in [0.29, 0.717) is 34.8 Å². The summed E-state index contributed by atoms with van der Waals surface area (Å²) in [6, 6.07) is 4.68. The molecule has 1 aromatic carbocycles. The van der Waals surface area contributed by atoms with Gasteiger partial charge in [0, 0.05) is 19.6 Å². The summed E-state index contributed by atoms with van der Waals surface area (Å²) in [5, 5.41) is 5.92. The van der Waals surface area contributed by atoms with Crippen LogP contribution in [0.3, 0.4) is 0 Å². The van der Waals surface area contributed by atoms with Crippen molar-refractivity contribution in [1.82, 2.24) is 14.5 Å². The predicted octanol–water partition coefficient (Wildman–Crippen LogP) is 2.30. The molecule has 0 bridgehead atoms. The van der Waals surface area contributed by atoms with Crippen molar-refractivity contribution in [2.45, 2.75) is 43.8 Å². The molecule has 27 heavy (non-hydrogen) atoms. The number of nitrogens with two attached hydrogens (primary N) is 1. The smallest absolute Gasteiger partial charge is 0.238 e. The zero-order chi connectivity index (χ0) is 19.8. The monoisotopic (exact) mass is 410 g/mol. The number of likely N-dealkylation sites (tertiary alicyclic amines) is 1. The van der Waals surface area contributed by atoms with Crippen LogP contribution in [-0.4, -0.2) is 47.6 Å². The van der Waals surface area contributed by atoms with Gasteiger partial charge >= 0.3 is 0 Å². The number of sulfonamides is 1. The maximum Gasteiger partial charge on any atom is 0.238 e. The average molecular weight is 411 g/mol. The minimum Gasteiger partial charge on any atom is -0.341 e. The van der Waals surface area contributed by atoms with Crippen LogP contribution in [0.15, 0.2) is 28.3 Å². The molecule has 0 radical (unpaired) electrons. The van der Waals surface area contributed by atoms with Crippen molar-refractivity contribution in [1.29, 1.82) is 0 Å². The molecule has 0 saturated carbocycles. The molecule has 0 aliphatic carbocycles. The van der Waals surface area contributed by atoms with Gasteiger partial charge in [-0.2, -0.15) is 0 Å². The summed E-state index contributed by atoms with van der Waals surface area (Å²) in [7, 11) is -3.77. The van der Waals surface area contributed by atoms with Crippen molar-refractivity contribution < 1.29 is 13.2 Å². The van der Waals surface area contributed by atoms with Crippen LogP contribution < -0.4 is 5.14 Å². The van der Waals surface area contributed by atoms with Crippen molar-refractivity contribution in [2.75, 3.05) is 18.8 Å². The van der Waals surface area contributed by atoms with Gasteiger partial charge in [-0.3, -0.25) is 4.79 Å². The van der Waals surface area contributed by atoms with Gasteiger partial charge in [-0.25, -0.2) is 18.5 Å². The summed E-state index contributed by atoms with van der Waals surface area (Å²) < 4.78 is 25.1. The van der Waals surface area contributed by atoms with E-state index >= 15 is 0 Å². The third kappa shape index (κ3) is 4.47. The summed E-state index contributed by atoms with van der Waals surface area (Å²) in [5.74, 6) is 1.50. The number of fused-ring (bicyclic) bond motifs is 1. The highest BCUT2D eigenvalue weighted by Gasteiger charge is 2.25. The zero-order valence-corrected chi connectivity index (χ0v) is 17.5. The Morgan fingerprint density at radius 1 is 1.30 bits per heavy atom. The van der Waals surface area contributed by atoms with E-state index in [-0.39, 0.29) is 10.8 Å². The first-order chi connectivity index (χ1) is 12.7. The molecule has 1 aromatic heterocycles. The zero-order valence-electron chi connectivity index (χ0n) is 15.9. The lowest BCUT2D eigenvalue weighted by Gasteiger charge is -2.35. The lowest BCUT2D eigenvalue weighted by molar-refractivity contribution is -0.130. The quantitative estimate of drug-likeness (QED) is 0.763. The molecule has 1 saturated heterocycles. The number of rotatable bonds is 5. The highest BCUT2D eigenvalue weighted by Crippen LogP contribution is 2.27. The van der Waals surface area contributed by atoms with Crippen LogP contribution in [0.25, 0.3) is 11.0 Å². The number of amides is 1. The molecule has 1 aliphatic heterocycles. The molecule has 2 heterocycles. The first-order valence-corrected chi connectivity index (χ1v) is 11.7. The number of imidazole rings is 1. The Kier molecular flexibility index (Phi) is 5.83. The lowest BCUT2D eigenvalue weighted by atomic mass is 9.92. The molecule has 1 aliphatic rings. The molecular formula is C18H26N4O3S2. The number of thioether (sulfide) groups is 1. The summed E-state index contributed by atoms with van der Waals surface area (Å²) in [6.45, 7) is 8.66. The fourth-order valence-electron chi connectivity index (χ4n) is 3.76. The Hall–Kier alpha value is -1.58. The Labute approximate surface area is 164 Å². The number of carbonyl (C=O) groups is 1. The standard InChI is InChI=1S/C18H26N4O3S2/c1-4-22-16-6-5-14(27(19,24)25)8-15(16)20-18(22)26-11-17(23)21-9-12(2)7-13(3)10-21/h5-6,8,12-13H,4,7,9-11H2,1-3H3,(H2,19,24,25)/t12-,13+. The third-order valence-corrected chi connectivity index (χ3v) is 6.75. The van der Waals surface area contributed by atoms with Gasteiger partial charge in [0.25, 0.3) is 0 Å². The summed E-state index contributed by atoms with van der Waals surface area (Å²) in [4.78, 5) is 19.2. The van der Waals surface area contributed by atoms with Crippen molar-refractivity contribution in [2.24, 2.45) is 17.0 Å². The van der Waals surface area contributed by atoms with Gasteiger partial charge in [-0.05, 0) is 43.4 Å². The fraction of sp³-hybridized carbons (Fsp3) is 0.556. The molecular weight excluding hydrogens is 384 g/mol. The molecule has 2 aromatic rings. The van der Waals surface area contributed by atoms with Crippen molar-refractivity contribution in [3.8, 4) is 0 Å². The Morgan fingerprint density at radius 3 is 2.56 bits per heavy atom. The fourth-order valence-corrected chi connectivity index (χ4v) is 5.28. The van der Waals surface area contributed by atoms with E-state index in [1.807, 2.05) is 16.4 Å². The largest absolute Gasteiger partial charge is 0.341 e. The van der Waals surface area contributed by atoms with Crippen molar-refractivity contribution >= 4 is 38.7 Å². The third-order valence-electron chi connectivity index (χ3n) is 4.88. The lowest BCUT2D eigenvalue weighted by Crippen LogP contribution is -2.43. The molecule has 0 spiro atoms. The molecule has 1 fully saturated rings. The van der Waals surface area contributed by atoms with Crippen molar-refractivity contribution in [3.05, 3.63) is 18.2 Å². The number of piperidine rings is 1. The molecule has 2 N–H and O–H groups in total. The van der Waals surface area contributed by atoms with Gasteiger partial charge in [0.1, 0.15) is 0 Å². The van der Waals surface area contributed by atoms with E-state index < -0.39 is 10.0 Å². The SMILES string of the molecule is CCn1c(SCC(=O)N2C[C@H](C)C[C@H](C)C2)nc2cc(S(N)(=O)=O)ccc21. The number of primary sulfonamides is 1. The molecule has 148 valence electrons. The minimum atomic E-state index is -3.77. The van der Waals surface area contributed by atoms with Crippen molar-refractivity contribution in [3.63, 3.8) is 0 Å². The van der Waals surface area contributed by atoms with Gasteiger partial charge in [0.15, 0.2) is 5.16 Å². The average Bonchev–Trinajstić information content (AvgIpc) is 2.94. The molecule has 0 unspecified atom stereocenters. The Balaban J connectivity index is 1.79. The molecule has 9 heteroatoms. The van der Waals surface area contributed by atoms with Crippen LogP contribution in [-0.2, 0) is 21.4 Å². The second-order valence-corrected chi connectivity index (χ2v) is 9.87. The first kappa shape index (κ1) is 20.2. The number of nitrogens with zero attached hydrogens (tertiary/aromatic N) is 3. The molecule has 2 atom stereocenters.